The fraction of sp³-hybridized carbons (Fsp3) is 0.400. The highest BCUT2D eigenvalue weighted by molar-refractivity contribution is 5.94. The van der Waals surface area contributed by atoms with Gasteiger partial charge < -0.3 is 10.1 Å². The molecule has 0 aliphatic rings. The van der Waals surface area contributed by atoms with Gasteiger partial charge in [0.05, 0.1) is 5.69 Å². The fourth-order valence-electron chi connectivity index (χ4n) is 1.80. The van der Waals surface area contributed by atoms with Crippen LogP contribution in [0.25, 0.3) is 5.69 Å². The quantitative estimate of drug-likeness (QED) is 0.780. The molecule has 3 amide bonds. The molecule has 1 heterocycles. The molecule has 9 heteroatoms. The van der Waals surface area contributed by atoms with E-state index in [2.05, 4.69) is 40.0 Å². The number of benzene rings is 1. The number of urea groups is 1. The van der Waals surface area contributed by atoms with Crippen molar-refractivity contribution in [3.8, 4) is 11.4 Å². The van der Waals surface area contributed by atoms with Crippen molar-refractivity contribution < 1.29 is 14.3 Å². The minimum atomic E-state index is -0.515. The van der Waals surface area contributed by atoms with Gasteiger partial charge in [0, 0.05) is 6.54 Å². The van der Waals surface area contributed by atoms with Crippen LogP contribution in [0.3, 0.4) is 0 Å². The van der Waals surface area contributed by atoms with Gasteiger partial charge in [0.1, 0.15) is 12.1 Å². The number of hydrogen-bond donors (Lipinski definition) is 2. The molecule has 24 heavy (non-hydrogen) atoms. The molecule has 2 rings (SSSR count). The standard InChI is InChI=1S/C15H20N6O3/c1-11(2)7-8-16-15(23)18-14(22)9-24-13-5-3-12(4-6-13)21-10-17-19-20-21/h3-6,10-11H,7-9H2,1-2H3,(H2,16,18,22,23). The molecule has 0 spiro atoms. The summed E-state index contributed by atoms with van der Waals surface area (Å²) in [7, 11) is 0. The van der Waals surface area contributed by atoms with Crippen LogP contribution in [0.15, 0.2) is 30.6 Å². The van der Waals surface area contributed by atoms with Crippen LogP contribution < -0.4 is 15.4 Å². The number of rotatable bonds is 7. The summed E-state index contributed by atoms with van der Waals surface area (Å²) in [5, 5.41) is 15.7. The second-order valence-electron chi connectivity index (χ2n) is 5.52. The first-order chi connectivity index (χ1) is 11.5. The van der Waals surface area contributed by atoms with Crippen LogP contribution in [0, 0.1) is 5.92 Å². The van der Waals surface area contributed by atoms with Gasteiger partial charge in [-0.05, 0) is 47.0 Å². The summed E-state index contributed by atoms with van der Waals surface area (Å²) in [6, 6.07) is 6.36. The van der Waals surface area contributed by atoms with Crippen LogP contribution in [0.1, 0.15) is 20.3 Å². The molecule has 1 aromatic carbocycles. The van der Waals surface area contributed by atoms with E-state index in [-0.39, 0.29) is 6.61 Å². The number of amides is 3. The second-order valence-corrected chi connectivity index (χ2v) is 5.52. The van der Waals surface area contributed by atoms with Crippen LogP contribution in [-0.2, 0) is 4.79 Å². The van der Waals surface area contributed by atoms with Crippen molar-refractivity contribution >= 4 is 11.9 Å². The van der Waals surface area contributed by atoms with E-state index in [0.29, 0.717) is 18.2 Å². The van der Waals surface area contributed by atoms with Gasteiger partial charge in [-0.1, -0.05) is 13.8 Å². The number of carbonyl (C=O) groups is 2. The minimum Gasteiger partial charge on any atom is -0.484 e. The Balaban J connectivity index is 1.72. The van der Waals surface area contributed by atoms with Gasteiger partial charge in [-0.2, -0.15) is 0 Å². The zero-order chi connectivity index (χ0) is 17.4. The van der Waals surface area contributed by atoms with Gasteiger partial charge in [-0.3, -0.25) is 10.1 Å². The van der Waals surface area contributed by atoms with Crippen LogP contribution in [-0.4, -0.2) is 45.3 Å². The van der Waals surface area contributed by atoms with Crippen molar-refractivity contribution in [2.45, 2.75) is 20.3 Å². The fourth-order valence-corrected chi connectivity index (χ4v) is 1.80. The average molecular weight is 332 g/mol. The van der Waals surface area contributed by atoms with Gasteiger partial charge in [0.25, 0.3) is 5.91 Å². The molecule has 0 bridgehead atoms. The summed E-state index contributed by atoms with van der Waals surface area (Å²) in [6.45, 7) is 4.39. The van der Waals surface area contributed by atoms with E-state index < -0.39 is 11.9 Å². The predicted octanol–water partition coefficient (Wildman–Crippen LogP) is 0.913. The third-order valence-electron chi connectivity index (χ3n) is 3.08. The molecule has 2 N–H and O–H groups in total. The highest BCUT2D eigenvalue weighted by Crippen LogP contribution is 2.13. The number of nitrogens with one attached hydrogen (secondary N) is 2. The lowest BCUT2D eigenvalue weighted by Crippen LogP contribution is -2.42. The molecule has 9 nitrogen and oxygen atoms in total. The Bertz CT molecular complexity index is 654. The van der Waals surface area contributed by atoms with Gasteiger partial charge in [-0.25, -0.2) is 9.48 Å². The maximum absolute atomic E-state index is 11.6. The number of aromatic nitrogens is 4. The predicted molar refractivity (Wildman–Crippen MR) is 85.6 cm³/mol. The van der Waals surface area contributed by atoms with E-state index >= 15 is 0 Å². The maximum atomic E-state index is 11.6. The summed E-state index contributed by atoms with van der Waals surface area (Å²) in [5.41, 5.74) is 0.765. The molecule has 0 atom stereocenters. The normalized spacial score (nSPS) is 10.5. The third kappa shape index (κ3) is 5.67. The Kier molecular flexibility index (Phi) is 6.23. The van der Waals surface area contributed by atoms with Gasteiger partial charge in [-0.15, -0.1) is 5.10 Å². The van der Waals surface area contributed by atoms with Gasteiger partial charge in [0.2, 0.25) is 0 Å². The van der Waals surface area contributed by atoms with E-state index in [4.69, 9.17) is 4.74 Å². The molecule has 128 valence electrons. The Labute approximate surface area is 139 Å². The molecular weight excluding hydrogens is 312 g/mol. The number of tetrazole rings is 1. The smallest absolute Gasteiger partial charge is 0.321 e. The number of ether oxygens (including phenoxy) is 1. The van der Waals surface area contributed by atoms with Crippen molar-refractivity contribution in [2.75, 3.05) is 13.2 Å². The topological polar surface area (TPSA) is 111 Å². The average Bonchev–Trinajstić information content (AvgIpc) is 3.07. The zero-order valence-corrected chi connectivity index (χ0v) is 13.6. The number of imide groups is 1. The Hall–Kier alpha value is -2.97. The number of carbonyl (C=O) groups excluding carboxylic acids is 2. The largest absolute Gasteiger partial charge is 0.484 e. The molecule has 0 saturated carbocycles. The van der Waals surface area contributed by atoms with Crippen molar-refractivity contribution in [3.05, 3.63) is 30.6 Å². The number of nitrogens with zero attached hydrogens (tertiary/aromatic N) is 4. The summed E-state index contributed by atoms with van der Waals surface area (Å²) in [4.78, 5) is 23.2. The summed E-state index contributed by atoms with van der Waals surface area (Å²) in [6.07, 6.45) is 2.33. The first kappa shape index (κ1) is 17.4. The number of hydrogen-bond acceptors (Lipinski definition) is 6. The molecule has 0 unspecified atom stereocenters. The van der Waals surface area contributed by atoms with Crippen molar-refractivity contribution in [3.63, 3.8) is 0 Å². The van der Waals surface area contributed by atoms with Crippen molar-refractivity contribution in [1.82, 2.24) is 30.8 Å². The molecule has 2 aromatic rings. The summed E-state index contributed by atoms with van der Waals surface area (Å²) >= 11 is 0. The Morgan fingerprint density at radius 1 is 1.25 bits per heavy atom. The Morgan fingerprint density at radius 2 is 2.00 bits per heavy atom. The summed E-state index contributed by atoms with van der Waals surface area (Å²) in [5.74, 6) is 0.476. The van der Waals surface area contributed by atoms with Crippen molar-refractivity contribution in [2.24, 2.45) is 5.92 Å². The second kappa shape index (κ2) is 8.61. The molecule has 0 fully saturated rings. The Morgan fingerprint density at radius 3 is 2.62 bits per heavy atom. The van der Waals surface area contributed by atoms with E-state index in [0.717, 1.165) is 12.1 Å². The lowest BCUT2D eigenvalue weighted by molar-refractivity contribution is -0.122. The third-order valence-corrected chi connectivity index (χ3v) is 3.08. The minimum absolute atomic E-state index is 0.248. The van der Waals surface area contributed by atoms with E-state index in [1.807, 2.05) is 0 Å². The maximum Gasteiger partial charge on any atom is 0.321 e. The summed E-state index contributed by atoms with van der Waals surface area (Å²) < 4.78 is 6.83. The molecule has 0 radical (unpaired) electrons. The lowest BCUT2D eigenvalue weighted by Gasteiger charge is -2.09. The van der Waals surface area contributed by atoms with E-state index in [1.165, 1.54) is 11.0 Å². The molecule has 0 aliphatic carbocycles. The van der Waals surface area contributed by atoms with E-state index in [9.17, 15) is 9.59 Å². The highest BCUT2D eigenvalue weighted by atomic mass is 16.5. The van der Waals surface area contributed by atoms with Gasteiger partial charge in [0.15, 0.2) is 6.61 Å². The van der Waals surface area contributed by atoms with Crippen LogP contribution in [0.5, 0.6) is 5.75 Å². The van der Waals surface area contributed by atoms with Crippen LogP contribution in [0.2, 0.25) is 0 Å². The van der Waals surface area contributed by atoms with E-state index in [1.54, 1.807) is 24.3 Å². The first-order valence-corrected chi connectivity index (χ1v) is 7.58. The first-order valence-electron chi connectivity index (χ1n) is 7.58. The molecule has 0 saturated heterocycles. The molecular formula is C15H20N6O3. The molecule has 0 aliphatic heterocycles. The zero-order valence-electron chi connectivity index (χ0n) is 13.6. The lowest BCUT2D eigenvalue weighted by atomic mass is 10.1. The van der Waals surface area contributed by atoms with Crippen LogP contribution >= 0.6 is 0 Å². The van der Waals surface area contributed by atoms with Gasteiger partial charge >= 0.3 is 6.03 Å². The molecule has 1 aromatic heterocycles. The highest BCUT2D eigenvalue weighted by Gasteiger charge is 2.08. The SMILES string of the molecule is CC(C)CCNC(=O)NC(=O)COc1ccc(-n2cnnn2)cc1. The van der Waals surface area contributed by atoms with Crippen molar-refractivity contribution in [1.29, 1.82) is 0 Å². The monoisotopic (exact) mass is 332 g/mol. The van der Waals surface area contributed by atoms with Crippen LogP contribution in [0.4, 0.5) is 4.79 Å².